The van der Waals surface area contributed by atoms with Crippen LogP contribution < -0.4 is 0 Å². The highest BCUT2D eigenvalue weighted by molar-refractivity contribution is 5.15. The molecule has 3 aliphatic rings. The van der Waals surface area contributed by atoms with E-state index in [0.717, 1.165) is 24.7 Å². The van der Waals surface area contributed by atoms with Crippen LogP contribution in [0.4, 0.5) is 0 Å². The maximum atomic E-state index is 10.3. The van der Waals surface area contributed by atoms with Gasteiger partial charge in [-0.3, -0.25) is 0 Å². The molecule has 3 aliphatic carbocycles. The van der Waals surface area contributed by atoms with Gasteiger partial charge in [0.2, 0.25) is 0 Å². The predicted molar refractivity (Wildman–Crippen MR) is 67.6 cm³/mol. The second-order valence-corrected chi connectivity index (χ2v) is 7.40. The molecular formula is C15H26O2. The fourth-order valence-electron chi connectivity index (χ4n) is 5.15. The van der Waals surface area contributed by atoms with Crippen molar-refractivity contribution in [1.29, 1.82) is 0 Å². The third kappa shape index (κ3) is 1.40. The van der Waals surface area contributed by atoms with E-state index >= 15 is 0 Å². The Morgan fingerprint density at radius 2 is 1.76 bits per heavy atom. The fraction of sp³-hybridized carbons (Fsp3) is 1.00. The van der Waals surface area contributed by atoms with Gasteiger partial charge in [0, 0.05) is 7.11 Å². The highest BCUT2D eigenvalue weighted by Gasteiger charge is 2.67. The first kappa shape index (κ1) is 12.0. The van der Waals surface area contributed by atoms with Gasteiger partial charge in [0.05, 0.1) is 12.2 Å². The van der Waals surface area contributed by atoms with Crippen molar-refractivity contribution < 1.29 is 9.84 Å². The molecular weight excluding hydrogens is 212 g/mol. The number of fused-ring (bicyclic) bond motifs is 2. The van der Waals surface area contributed by atoms with Crippen LogP contribution in [0, 0.1) is 28.6 Å². The van der Waals surface area contributed by atoms with Crippen molar-refractivity contribution in [2.24, 2.45) is 28.6 Å². The summed E-state index contributed by atoms with van der Waals surface area (Å²) in [7, 11) is 1.87. The second kappa shape index (κ2) is 3.48. The van der Waals surface area contributed by atoms with Gasteiger partial charge in [-0.1, -0.05) is 20.8 Å². The van der Waals surface area contributed by atoms with Crippen molar-refractivity contribution >= 4 is 0 Å². The summed E-state index contributed by atoms with van der Waals surface area (Å²) in [6, 6.07) is 0. The van der Waals surface area contributed by atoms with E-state index in [1.165, 1.54) is 12.8 Å². The molecule has 0 radical (unpaired) electrons. The molecule has 0 aromatic rings. The van der Waals surface area contributed by atoms with Gasteiger partial charge in [-0.25, -0.2) is 0 Å². The van der Waals surface area contributed by atoms with E-state index in [0.29, 0.717) is 17.4 Å². The van der Waals surface area contributed by atoms with Gasteiger partial charge in [0.1, 0.15) is 0 Å². The molecule has 0 amide bonds. The minimum atomic E-state index is -0.106. The third-order valence-corrected chi connectivity index (χ3v) is 6.52. The lowest BCUT2D eigenvalue weighted by molar-refractivity contribution is -0.0440. The molecule has 0 aromatic heterocycles. The summed E-state index contributed by atoms with van der Waals surface area (Å²) in [5, 5.41) is 10.3. The zero-order valence-electron chi connectivity index (χ0n) is 11.6. The number of hydrogen-bond acceptors (Lipinski definition) is 2. The largest absolute Gasteiger partial charge is 0.393 e. The SMILES string of the molecule is CO[C@H]1[C@H]2[C@@H](CC[C@@]3(C)[C@H](O)CC[C@@H]13)C2(C)C. The van der Waals surface area contributed by atoms with E-state index in [9.17, 15) is 5.11 Å². The number of rotatable bonds is 1. The van der Waals surface area contributed by atoms with Crippen LogP contribution in [-0.4, -0.2) is 24.4 Å². The van der Waals surface area contributed by atoms with Crippen molar-refractivity contribution in [1.82, 2.24) is 0 Å². The number of aliphatic hydroxyl groups is 1. The normalized spacial score (nSPS) is 55.9. The molecule has 6 atom stereocenters. The molecule has 2 nitrogen and oxygen atoms in total. The first-order valence-corrected chi connectivity index (χ1v) is 7.14. The van der Waals surface area contributed by atoms with Gasteiger partial charge in [0.25, 0.3) is 0 Å². The van der Waals surface area contributed by atoms with Crippen LogP contribution >= 0.6 is 0 Å². The molecule has 0 unspecified atom stereocenters. The Bertz CT molecular complexity index is 325. The highest BCUT2D eigenvalue weighted by Crippen LogP contribution is 2.69. The predicted octanol–water partition coefficient (Wildman–Crippen LogP) is 2.84. The zero-order chi connectivity index (χ0) is 12.4. The second-order valence-electron chi connectivity index (χ2n) is 7.40. The van der Waals surface area contributed by atoms with Gasteiger partial charge in [0.15, 0.2) is 0 Å². The summed E-state index contributed by atoms with van der Waals surface area (Å²) in [6.07, 6.45) is 4.85. The Kier molecular flexibility index (Phi) is 2.45. The summed E-state index contributed by atoms with van der Waals surface area (Å²) in [5.41, 5.74) is 0.583. The molecule has 1 N–H and O–H groups in total. The summed E-state index contributed by atoms with van der Waals surface area (Å²) < 4.78 is 5.88. The molecule has 0 bridgehead atoms. The Morgan fingerprint density at radius 3 is 2.41 bits per heavy atom. The summed E-state index contributed by atoms with van der Waals surface area (Å²) in [4.78, 5) is 0. The first-order chi connectivity index (χ1) is 7.93. The first-order valence-electron chi connectivity index (χ1n) is 7.14. The Labute approximate surface area is 105 Å². The van der Waals surface area contributed by atoms with Crippen molar-refractivity contribution in [2.45, 2.75) is 58.7 Å². The van der Waals surface area contributed by atoms with E-state index in [-0.39, 0.29) is 11.5 Å². The fourth-order valence-corrected chi connectivity index (χ4v) is 5.15. The van der Waals surface area contributed by atoms with Crippen molar-refractivity contribution in [2.75, 3.05) is 7.11 Å². The average molecular weight is 238 g/mol. The van der Waals surface area contributed by atoms with E-state index < -0.39 is 0 Å². The lowest BCUT2D eigenvalue weighted by Gasteiger charge is -2.38. The minimum Gasteiger partial charge on any atom is -0.393 e. The van der Waals surface area contributed by atoms with Gasteiger partial charge < -0.3 is 9.84 Å². The molecule has 98 valence electrons. The van der Waals surface area contributed by atoms with Gasteiger partial charge in [-0.2, -0.15) is 0 Å². The van der Waals surface area contributed by atoms with E-state index in [1.54, 1.807) is 0 Å². The van der Waals surface area contributed by atoms with E-state index in [1.807, 2.05) is 7.11 Å². The summed E-state index contributed by atoms with van der Waals surface area (Å²) in [6.45, 7) is 7.07. The summed E-state index contributed by atoms with van der Waals surface area (Å²) in [5.74, 6) is 2.12. The third-order valence-electron chi connectivity index (χ3n) is 6.52. The average Bonchev–Trinajstić information content (AvgIpc) is 2.75. The number of methoxy groups -OCH3 is 1. The maximum Gasteiger partial charge on any atom is 0.0641 e. The molecule has 0 saturated heterocycles. The number of aliphatic hydroxyl groups excluding tert-OH is 1. The number of hydrogen-bond donors (Lipinski definition) is 1. The molecule has 0 aliphatic heterocycles. The van der Waals surface area contributed by atoms with Crippen molar-refractivity contribution in [3.63, 3.8) is 0 Å². The van der Waals surface area contributed by atoms with Crippen molar-refractivity contribution in [3.05, 3.63) is 0 Å². The van der Waals surface area contributed by atoms with E-state index in [2.05, 4.69) is 20.8 Å². The van der Waals surface area contributed by atoms with Crippen LogP contribution in [0.15, 0.2) is 0 Å². The molecule has 2 heteroatoms. The zero-order valence-corrected chi connectivity index (χ0v) is 11.6. The molecule has 0 spiro atoms. The standard InChI is InChI=1S/C15H26O2/c1-14(2)9-7-8-15(3)10(5-6-11(15)16)13(17-4)12(9)14/h9-13,16H,5-8H2,1-4H3/t9-,10+,11-,12-,13-,15-/m1/s1. The van der Waals surface area contributed by atoms with E-state index in [4.69, 9.17) is 4.74 Å². The van der Waals surface area contributed by atoms with Crippen LogP contribution in [0.2, 0.25) is 0 Å². The maximum absolute atomic E-state index is 10.3. The Morgan fingerprint density at radius 1 is 1.06 bits per heavy atom. The smallest absolute Gasteiger partial charge is 0.0641 e. The van der Waals surface area contributed by atoms with Crippen LogP contribution in [0.25, 0.3) is 0 Å². The van der Waals surface area contributed by atoms with Crippen molar-refractivity contribution in [3.8, 4) is 0 Å². The topological polar surface area (TPSA) is 29.5 Å². The van der Waals surface area contributed by atoms with Gasteiger partial charge in [-0.15, -0.1) is 0 Å². The Hall–Kier alpha value is -0.0800. The summed E-state index contributed by atoms with van der Waals surface area (Å²) >= 11 is 0. The lowest BCUT2D eigenvalue weighted by atomic mass is 9.71. The van der Waals surface area contributed by atoms with Gasteiger partial charge in [-0.05, 0) is 54.3 Å². The van der Waals surface area contributed by atoms with Crippen LogP contribution in [0.3, 0.4) is 0 Å². The molecule has 17 heavy (non-hydrogen) atoms. The van der Waals surface area contributed by atoms with Crippen LogP contribution in [-0.2, 0) is 4.74 Å². The monoisotopic (exact) mass is 238 g/mol. The van der Waals surface area contributed by atoms with Crippen LogP contribution in [0.5, 0.6) is 0 Å². The highest BCUT2D eigenvalue weighted by atomic mass is 16.5. The molecule has 0 aromatic carbocycles. The molecule has 0 heterocycles. The van der Waals surface area contributed by atoms with Crippen LogP contribution in [0.1, 0.15) is 46.5 Å². The quantitative estimate of drug-likeness (QED) is 0.761. The van der Waals surface area contributed by atoms with Gasteiger partial charge >= 0.3 is 0 Å². The molecule has 3 saturated carbocycles. The minimum absolute atomic E-state index is 0.106. The number of ether oxygens (including phenoxy) is 1. The molecule has 3 fully saturated rings. The lowest BCUT2D eigenvalue weighted by Crippen LogP contribution is -2.39. The Balaban J connectivity index is 1.92. The molecule has 3 rings (SSSR count).